The number of alkyl halides is 2. The molecule has 0 aromatic carbocycles. The molecule has 0 aromatic heterocycles. The molecule has 2 aliphatic carbocycles. The SMILES string of the molecule is COC1CCCCCCCC(C2CCCCCCC(CC(F)(F)C(=O)O)CCC2)CCC1. The predicted molar refractivity (Wildman–Crippen MR) is 126 cm³/mol. The van der Waals surface area contributed by atoms with Gasteiger partial charge in [0.1, 0.15) is 0 Å². The van der Waals surface area contributed by atoms with Gasteiger partial charge in [0.25, 0.3) is 0 Å². The smallest absolute Gasteiger partial charge is 0.374 e. The number of rotatable bonds is 5. The zero-order valence-corrected chi connectivity index (χ0v) is 20.5. The van der Waals surface area contributed by atoms with Gasteiger partial charge in [-0.2, -0.15) is 8.78 Å². The van der Waals surface area contributed by atoms with E-state index in [0.29, 0.717) is 12.0 Å². The van der Waals surface area contributed by atoms with Crippen LogP contribution < -0.4 is 0 Å². The third-order valence-corrected chi connectivity index (χ3v) is 8.18. The summed E-state index contributed by atoms with van der Waals surface area (Å²) < 4.78 is 33.4. The molecule has 3 nitrogen and oxygen atoms in total. The van der Waals surface area contributed by atoms with Crippen LogP contribution in [0.1, 0.15) is 128 Å². The van der Waals surface area contributed by atoms with Crippen molar-refractivity contribution in [2.24, 2.45) is 17.8 Å². The molecule has 32 heavy (non-hydrogen) atoms. The van der Waals surface area contributed by atoms with Crippen molar-refractivity contribution in [3.63, 3.8) is 0 Å². The maximum Gasteiger partial charge on any atom is 0.374 e. The largest absolute Gasteiger partial charge is 0.477 e. The maximum absolute atomic E-state index is 13.9. The first-order valence-corrected chi connectivity index (χ1v) is 13.6. The average Bonchev–Trinajstić information content (AvgIpc) is 2.79. The van der Waals surface area contributed by atoms with Gasteiger partial charge in [0, 0.05) is 13.5 Å². The van der Waals surface area contributed by atoms with Crippen molar-refractivity contribution < 1.29 is 23.4 Å². The van der Waals surface area contributed by atoms with E-state index >= 15 is 0 Å². The highest BCUT2D eigenvalue weighted by atomic mass is 19.3. The Balaban J connectivity index is 1.96. The average molecular weight is 459 g/mol. The molecule has 0 bridgehead atoms. The van der Waals surface area contributed by atoms with E-state index < -0.39 is 18.3 Å². The fourth-order valence-electron chi connectivity index (χ4n) is 6.19. The van der Waals surface area contributed by atoms with Crippen molar-refractivity contribution in [2.45, 2.75) is 140 Å². The Hall–Kier alpha value is -0.710. The molecule has 188 valence electrons. The summed E-state index contributed by atoms with van der Waals surface area (Å²) in [5.41, 5.74) is 0. The van der Waals surface area contributed by atoms with Crippen molar-refractivity contribution in [3.05, 3.63) is 0 Å². The standard InChI is InChI=1S/C27H48F2O3/c1-32-25-19-10-4-2-3-8-15-24(18-12-20-25)23-16-9-6-5-7-13-22(14-11-17-23)21-27(28,29)26(30)31/h22-25H,2-21H2,1H3,(H,30,31). The molecule has 2 aliphatic rings. The molecule has 4 unspecified atom stereocenters. The number of hydrogen-bond donors (Lipinski definition) is 1. The second-order valence-electron chi connectivity index (χ2n) is 10.7. The van der Waals surface area contributed by atoms with Gasteiger partial charge in [-0.1, -0.05) is 109 Å². The van der Waals surface area contributed by atoms with Gasteiger partial charge < -0.3 is 9.84 Å². The fraction of sp³-hybridized carbons (Fsp3) is 0.963. The molecule has 0 saturated heterocycles. The number of hydrogen-bond acceptors (Lipinski definition) is 2. The lowest BCUT2D eigenvalue weighted by molar-refractivity contribution is -0.167. The molecule has 0 amide bonds. The maximum atomic E-state index is 13.9. The quantitative estimate of drug-likeness (QED) is 0.450. The Kier molecular flexibility index (Phi) is 13.1. The zero-order chi connectivity index (χ0) is 23.2. The Morgan fingerprint density at radius 3 is 1.69 bits per heavy atom. The molecule has 2 fully saturated rings. The van der Waals surface area contributed by atoms with Crippen LogP contribution in [0.15, 0.2) is 0 Å². The molecular formula is C27H48F2O3. The molecule has 2 rings (SSSR count). The van der Waals surface area contributed by atoms with Gasteiger partial charge in [-0.25, -0.2) is 4.79 Å². The number of aliphatic carboxylic acids is 1. The molecule has 1 N–H and O–H groups in total. The van der Waals surface area contributed by atoms with Crippen molar-refractivity contribution in [3.8, 4) is 0 Å². The minimum atomic E-state index is -3.59. The number of ether oxygens (including phenoxy) is 1. The molecular weight excluding hydrogens is 410 g/mol. The normalized spacial score (nSPS) is 31.0. The fourth-order valence-corrected chi connectivity index (χ4v) is 6.19. The second-order valence-corrected chi connectivity index (χ2v) is 10.7. The van der Waals surface area contributed by atoms with Crippen LogP contribution in [0.4, 0.5) is 8.78 Å². The Labute approximate surface area is 195 Å². The first-order chi connectivity index (χ1) is 15.4. The van der Waals surface area contributed by atoms with E-state index in [0.717, 1.165) is 50.9 Å². The van der Waals surface area contributed by atoms with Crippen LogP contribution in [0.5, 0.6) is 0 Å². The van der Waals surface area contributed by atoms with E-state index in [2.05, 4.69) is 0 Å². The van der Waals surface area contributed by atoms with Gasteiger partial charge in [0.15, 0.2) is 0 Å². The lowest BCUT2D eigenvalue weighted by Gasteiger charge is -2.29. The summed E-state index contributed by atoms with van der Waals surface area (Å²) in [7, 11) is 1.85. The lowest BCUT2D eigenvalue weighted by Crippen LogP contribution is -2.31. The van der Waals surface area contributed by atoms with E-state index in [1.807, 2.05) is 7.11 Å². The van der Waals surface area contributed by atoms with Crippen molar-refractivity contribution >= 4 is 5.97 Å². The van der Waals surface area contributed by atoms with Crippen LogP contribution in [0, 0.1) is 17.8 Å². The Morgan fingerprint density at radius 2 is 1.12 bits per heavy atom. The molecule has 0 aliphatic heterocycles. The van der Waals surface area contributed by atoms with Crippen molar-refractivity contribution in [1.29, 1.82) is 0 Å². The molecule has 2 saturated carbocycles. The second kappa shape index (κ2) is 15.2. The van der Waals surface area contributed by atoms with E-state index in [1.165, 1.54) is 77.0 Å². The van der Waals surface area contributed by atoms with Gasteiger partial charge in [0.2, 0.25) is 0 Å². The number of carbonyl (C=O) groups is 1. The van der Waals surface area contributed by atoms with Crippen molar-refractivity contribution in [2.75, 3.05) is 7.11 Å². The number of carboxylic acid groups (broad SMARTS) is 1. The first kappa shape index (κ1) is 27.5. The van der Waals surface area contributed by atoms with E-state index in [-0.39, 0.29) is 5.92 Å². The number of halogens is 2. The monoisotopic (exact) mass is 458 g/mol. The van der Waals surface area contributed by atoms with E-state index in [1.54, 1.807) is 0 Å². The molecule has 5 heteroatoms. The van der Waals surface area contributed by atoms with Crippen LogP contribution in [0.2, 0.25) is 0 Å². The van der Waals surface area contributed by atoms with Crippen LogP contribution in [0.3, 0.4) is 0 Å². The highest BCUT2D eigenvalue weighted by molar-refractivity contribution is 5.75. The third-order valence-electron chi connectivity index (χ3n) is 8.18. The van der Waals surface area contributed by atoms with Gasteiger partial charge in [-0.05, 0) is 30.6 Å². The summed E-state index contributed by atoms with van der Waals surface area (Å²) >= 11 is 0. The zero-order valence-electron chi connectivity index (χ0n) is 20.5. The highest BCUT2D eigenvalue weighted by Crippen LogP contribution is 2.37. The lowest BCUT2D eigenvalue weighted by atomic mass is 9.77. The molecule has 4 atom stereocenters. The topological polar surface area (TPSA) is 46.5 Å². The van der Waals surface area contributed by atoms with Gasteiger partial charge >= 0.3 is 11.9 Å². The number of carboxylic acids is 1. The summed E-state index contributed by atoms with van der Waals surface area (Å²) in [6, 6.07) is 0. The number of methoxy groups -OCH3 is 1. The summed E-state index contributed by atoms with van der Waals surface area (Å²) in [6.07, 6.45) is 21.9. The van der Waals surface area contributed by atoms with Crippen LogP contribution in [0.25, 0.3) is 0 Å². The minimum Gasteiger partial charge on any atom is -0.477 e. The van der Waals surface area contributed by atoms with E-state index in [4.69, 9.17) is 9.84 Å². The summed E-state index contributed by atoms with van der Waals surface area (Å²) in [5.74, 6) is -4.29. The Bertz CT molecular complexity index is 511. The van der Waals surface area contributed by atoms with Crippen LogP contribution in [-0.2, 0) is 9.53 Å². The molecule has 0 radical (unpaired) electrons. The minimum absolute atomic E-state index is 0.168. The molecule has 0 spiro atoms. The Morgan fingerprint density at radius 1 is 0.719 bits per heavy atom. The van der Waals surface area contributed by atoms with Crippen molar-refractivity contribution in [1.82, 2.24) is 0 Å². The summed E-state index contributed by atoms with van der Waals surface area (Å²) in [4.78, 5) is 10.9. The van der Waals surface area contributed by atoms with Gasteiger partial charge in [-0.15, -0.1) is 0 Å². The van der Waals surface area contributed by atoms with E-state index in [9.17, 15) is 13.6 Å². The van der Waals surface area contributed by atoms with Gasteiger partial charge in [-0.3, -0.25) is 0 Å². The highest BCUT2D eigenvalue weighted by Gasteiger charge is 2.40. The molecule has 0 aromatic rings. The summed E-state index contributed by atoms with van der Waals surface area (Å²) in [6.45, 7) is 0. The predicted octanol–water partition coefficient (Wildman–Crippen LogP) is 8.40. The van der Waals surface area contributed by atoms with Crippen LogP contribution in [-0.4, -0.2) is 30.2 Å². The van der Waals surface area contributed by atoms with Gasteiger partial charge in [0.05, 0.1) is 6.10 Å². The summed E-state index contributed by atoms with van der Waals surface area (Å²) in [5, 5.41) is 8.86. The third kappa shape index (κ3) is 10.5. The first-order valence-electron chi connectivity index (χ1n) is 13.6. The molecule has 0 heterocycles. The van der Waals surface area contributed by atoms with Crippen LogP contribution >= 0.6 is 0 Å².